The lowest BCUT2D eigenvalue weighted by molar-refractivity contribution is 0.0634. The summed E-state index contributed by atoms with van der Waals surface area (Å²) in [5, 5.41) is 10.3. The van der Waals surface area contributed by atoms with Crippen molar-refractivity contribution in [3.63, 3.8) is 0 Å². The van der Waals surface area contributed by atoms with Gasteiger partial charge in [-0.05, 0) is 33.6 Å². The molecule has 0 spiro atoms. The molecule has 1 aliphatic carbocycles. The lowest BCUT2D eigenvalue weighted by Crippen LogP contribution is -2.28. The molecule has 0 bridgehead atoms. The summed E-state index contributed by atoms with van der Waals surface area (Å²) in [7, 11) is 1.80. The van der Waals surface area contributed by atoms with Crippen LogP contribution < -0.4 is 10.6 Å². The maximum absolute atomic E-state index is 11.8. The van der Waals surface area contributed by atoms with E-state index in [1.807, 2.05) is 20.8 Å². The molecule has 1 fully saturated rings. The van der Waals surface area contributed by atoms with Gasteiger partial charge in [-0.15, -0.1) is 0 Å². The van der Waals surface area contributed by atoms with Gasteiger partial charge in [-0.3, -0.25) is 10.00 Å². The van der Waals surface area contributed by atoms with Crippen molar-refractivity contribution in [1.29, 1.82) is 0 Å². The number of nitrogens with one attached hydrogen (secondary N) is 2. The highest BCUT2D eigenvalue weighted by Crippen LogP contribution is 2.21. The van der Waals surface area contributed by atoms with Crippen LogP contribution in [-0.4, -0.2) is 27.5 Å². The highest BCUT2D eigenvalue weighted by Gasteiger charge is 2.22. The fourth-order valence-electron chi connectivity index (χ4n) is 1.72. The summed E-state index contributed by atoms with van der Waals surface area (Å²) in [4.78, 5) is 11.8. The number of amides is 1. The first-order chi connectivity index (χ1) is 8.85. The number of rotatable bonds is 4. The number of carbonyl (C=O) groups excluding carboxylic acids is 1. The van der Waals surface area contributed by atoms with Gasteiger partial charge in [0.2, 0.25) is 0 Å². The van der Waals surface area contributed by atoms with Crippen LogP contribution in [0.3, 0.4) is 0 Å². The summed E-state index contributed by atoms with van der Waals surface area (Å²) in [6, 6.07) is 0.620. The van der Waals surface area contributed by atoms with E-state index in [4.69, 9.17) is 4.74 Å². The van der Waals surface area contributed by atoms with Gasteiger partial charge in [-0.25, -0.2) is 4.79 Å². The largest absolute Gasteiger partial charge is 0.444 e. The summed E-state index contributed by atoms with van der Waals surface area (Å²) in [6.45, 7) is 6.23. The predicted molar refractivity (Wildman–Crippen MR) is 72.9 cm³/mol. The topological polar surface area (TPSA) is 68.2 Å². The molecule has 1 heterocycles. The molecule has 0 unspecified atom stereocenters. The molecule has 1 amide bonds. The first-order valence-corrected chi connectivity index (χ1v) is 6.59. The zero-order chi connectivity index (χ0) is 14.0. The monoisotopic (exact) mass is 266 g/mol. The van der Waals surface area contributed by atoms with Gasteiger partial charge in [0.1, 0.15) is 11.4 Å². The Morgan fingerprint density at radius 1 is 1.53 bits per heavy atom. The van der Waals surface area contributed by atoms with Gasteiger partial charge < -0.3 is 10.1 Å². The Hall–Kier alpha value is -1.56. The Balaban J connectivity index is 1.97. The molecule has 0 aromatic carbocycles. The minimum Gasteiger partial charge on any atom is -0.444 e. The number of hydrogen-bond acceptors (Lipinski definition) is 4. The normalized spacial score (nSPS) is 15.4. The average Bonchev–Trinajstić information content (AvgIpc) is 3.02. The van der Waals surface area contributed by atoms with Gasteiger partial charge in [0.25, 0.3) is 0 Å². The summed E-state index contributed by atoms with van der Waals surface area (Å²) < 4.78 is 6.89. The highest BCUT2D eigenvalue weighted by molar-refractivity contribution is 5.84. The molecule has 1 saturated carbocycles. The smallest absolute Gasteiger partial charge is 0.413 e. The standard InChI is InChI=1S/C13H22N4O2/c1-13(2,3)19-12(18)16-11-9(8-15-17(11)4)7-14-10-5-6-10/h8,10,14H,5-7H2,1-4H3,(H,16,18). The second kappa shape index (κ2) is 5.21. The van der Waals surface area contributed by atoms with Crippen molar-refractivity contribution < 1.29 is 9.53 Å². The van der Waals surface area contributed by atoms with Crippen molar-refractivity contribution in [3.8, 4) is 0 Å². The fraction of sp³-hybridized carbons (Fsp3) is 0.692. The van der Waals surface area contributed by atoms with Crippen molar-refractivity contribution in [1.82, 2.24) is 15.1 Å². The van der Waals surface area contributed by atoms with E-state index in [9.17, 15) is 4.79 Å². The maximum Gasteiger partial charge on any atom is 0.413 e. The molecule has 0 atom stereocenters. The molecule has 6 heteroatoms. The Morgan fingerprint density at radius 3 is 2.79 bits per heavy atom. The maximum atomic E-state index is 11.8. The zero-order valence-corrected chi connectivity index (χ0v) is 12.0. The number of aryl methyl sites for hydroxylation is 1. The highest BCUT2D eigenvalue weighted by atomic mass is 16.6. The van der Waals surface area contributed by atoms with E-state index in [1.165, 1.54) is 12.8 Å². The van der Waals surface area contributed by atoms with Gasteiger partial charge in [-0.1, -0.05) is 0 Å². The van der Waals surface area contributed by atoms with E-state index in [0.717, 1.165) is 5.56 Å². The summed E-state index contributed by atoms with van der Waals surface area (Å²) >= 11 is 0. The SMILES string of the molecule is Cn1ncc(CNC2CC2)c1NC(=O)OC(C)(C)C. The number of hydrogen-bond donors (Lipinski definition) is 2. The Kier molecular flexibility index (Phi) is 3.80. The van der Waals surface area contributed by atoms with Crippen LogP contribution in [0.4, 0.5) is 10.6 Å². The lowest BCUT2D eigenvalue weighted by atomic mass is 10.2. The predicted octanol–water partition coefficient (Wildman–Crippen LogP) is 2.02. The summed E-state index contributed by atoms with van der Waals surface area (Å²) in [5.74, 6) is 0.683. The van der Waals surface area contributed by atoms with Crippen molar-refractivity contribution >= 4 is 11.9 Å². The van der Waals surface area contributed by atoms with Crippen molar-refractivity contribution in [2.24, 2.45) is 7.05 Å². The van der Waals surface area contributed by atoms with Crippen molar-refractivity contribution in [3.05, 3.63) is 11.8 Å². The van der Waals surface area contributed by atoms with E-state index in [0.29, 0.717) is 18.4 Å². The molecule has 2 rings (SSSR count). The number of carbonyl (C=O) groups is 1. The number of ether oxygens (including phenoxy) is 1. The third-order valence-electron chi connectivity index (χ3n) is 2.79. The van der Waals surface area contributed by atoms with Crippen LogP contribution in [0.1, 0.15) is 39.2 Å². The molecule has 2 N–H and O–H groups in total. The third kappa shape index (κ3) is 4.24. The van der Waals surface area contributed by atoms with Gasteiger partial charge in [-0.2, -0.15) is 5.10 Å². The van der Waals surface area contributed by atoms with Crippen LogP contribution in [0.15, 0.2) is 6.20 Å². The number of nitrogens with zero attached hydrogens (tertiary/aromatic N) is 2. The van der Waals surface area contributed by atoms with Crippen LogP contribution in [0.25, 0.3) is 0 Å². The van der Waals surface area contributed by atoms with E-state index in [1.54, 1.807) is 17.9 Å². The molecule has 19 heavy (non-hydrogen) atoms. The van der Waals surface area contributed by atoms with Gasteiger partial charge in [0.15, 0.2) is 0 Å². The molecule has 1 aliphatic rings. The fourth-order valence-corrected chi connectivity index (χ4v) is 1.72. The van der Waals surface area contributed by atoms with Crippen LogP contribution in [0.2, 0.25) is 0 Å². The Labute approximate surface area is 113 Å². The van der Waals surface area contributed by atoms with Crippen molar-refractivity contribution in [2.75, 3.05) is 5.32 Å². The van der Waals surface area contributed by atoms with Gasteiger partial charge in [0, 0.05) is 25.2 Å². The van der Waals surface area contributed by atoms with Crippen LogP contribution >= 0.6 is 0 Å². The summed E-state index contributed by atoms with van der Waals surface area (Å²) in [6.07, 6.45) is 3.77. The number of aromatic nitrogens is 2. The van der Waals surface area contributed by atoms with E-state index in [-0.39, 0.29) is 0 Å². The molecule has 106 valence electrons. The molecule has 0 saturated heterocycles. The number of anilines is 1. The molecule has 1 aromatic rings. The minimum absolute atomic E-state index is 0.455. The molecular weight excluding hydrogens is 244 g/mol. The third-order valence-corrected chi connectivity index (χ3v) is 2.79. The zero-order valence-electron chi connectivity index (χ0n) is 12.0. The van der Waals surface area contributed by atoms with Gasteiger partial charge >= 0.3 is 6.09 Å². The quantitative estimate of drug-likeness (QED) is 0.875. The van der Waals surface area contributed by atoms with Crippen LogP contribution in [-0.2, 0) is 18.3 Å². The molecule has 1 aromatic heterocycles. The molecule has 0 aliphatic heterocycles. The van der Waals surface area contributed by atoms with Gasteiger partial charge in [0.05, 0.1) is 6.20 Å². The Morgan fingerprint density at radius 2 is 2.21 bits per heavy atom. The molecule has 0 radical (unpaired) electrons. The Bertz CT molecular complexity index is 458. The van der Waals surface area contributed by atoms with Crippen molar-refractivity contribution in [2.45, 2.75) is 51.8 Å². The average molecular weight is 266 g/mol. The van der Waals surface area contributed by atoms with Crippen LogP contribution in [0, 0.1) is 0 Å². The minimum atomic E-state index is -0.505. The first-order valence-electron chi connectivity index (χ1n) is 6.59. The lowest BCUT2D eigenvalue weighted by Gasteiger charge is -2.20. The van der Waals surface area contributed by atoms with Crippen LogP contribution in [0.5, 0.6) is 0 Å². The molecular formula is C13H22N4O2. The second-order valence-corrected chi connectivity index (χ2v) is 5.92. The van der Waals surface area contributed by atoms with E-state index >= 15 is 0 Å². The summed E-state index contributed by atoms with van der Waals surface area (Å²) in [5.41, 5.74) is 0.468. The van der Waals surface area contributed by atoms with E-state index in [2.05, 4.69) is 15.7 Å². The molecule has 6 nitrogen and oxygen atoms in total. The second-order valence-electron chi connectivity index (χ2n) is 5.92. The van der Waals surface area contributed by atoms with E-state index < -0.39 is 11.7 Å². The first kappa shape index (κ1) is 13.9.